The van der Waals surface area contributed by atoms with Crippen LogP contribution in [0.25, 0.3) is 0 Å². The lowest BCUT2D eigenvalue weighted by molar-refractivity contribution is 0.0687. The van der Waals surface area contributed by atoms with Crippen molar-refractivity contribution < 1.29 is 5.11 Å². The summed E-state index contributed by atoms with van der Waals surface area (Å²) in [5, 5.41) is 10.3. The molecule has 0 aliphatic rings. The second-order valence-electron chi connectivity index (χ2n) is 2.96. The van der Waals surface area contributed by atoms with Gasteiger partial charge in [0.05, 0.1) is 5.60 Å². The fourth-order valence-corrected chi connectivity index (χ4v) is 1.05. The summed E-state index contributed by atoms with van der Waals surface area (Å²) in [5.41, 5.74) is -0.470. The Bertz CT molecular complexity index is 65.8. The summed E-state index contributed by atoms with van der Waals surface area (Å²) in [6, 6.07) is 0. The minimum Gasteiger partial charge on any atom is -0.390 e. The Morgan fingerprint density at radius 2 is 1.89 bits per heavy atom. The number of aliphatic hydroxyl groups is 1. The van der Waals surface area contributed by atoms with E-state index in [1.807, 2.05) is 13.8 Å². The zero-order valence-electron chi connectivity index (χ0n) is 6.15. The third kappa shape index (κ3) is 8.44. The third-order valence-electron chi connectivity index (χ3n) is 1.17. The highest BCUT2D eigenvalue weighted by Gasteiger charge is 2.10. The van der Waals surface area contributed by atoms with Gasteiger partial charge in [-0.15, -0.1) is 0 Å². The molecule has 0 amide bonds. The van der Waals surface area contributed by atoms with Crippen LogP contribution in [0.1, 0.15) is 33.1 Å². The molecule has 1 nitrogen and oxygen atoms in total. The van der Waals surface area contributed by atoms with Crippen LogP contribution in [0.15, 0.2) is 0 Å². The third-order valence-corrected chi connectivity index (χ3v) is 1.73. The molecule has 1 N–H and O–H groups in total. The van der Waals surface area contributed by atoms with Crippen molar-refractivity contribution in [1.29, 1.82) is 0 Å². The van der Waals surface area contributed by atoms with Gasteiger partial charge in [0.2, 0.25) is 0 Å². The van der Waals surface area contributed by atoms with Crippen LogP contribution in [0.3, 0.4) is 0 Å². The Morgan fingerprint density at radius 3 is 2.22 bits per heavy atom. The molecular formula is C7H15BrO. The fourth-order valence-electron chi connectivity index (χ4n) is 0.652. The molecule has 0 aliphatic heterocycles. The number of unbranched alkanes of at least 4 members (excludes halogenated alkanes) is 1. The Hall–Kier alpha value is 0.440. The second-order valence-corrected chi connectivity index (χ2v) is 3.75. The lowest BCUT2D eigenvalue weighted by atomic mass is 10.0. The van der Waals surface area contributed by atoms with Crippen molar-refractivity contribution in [2.45, 2.75) is 38.7 Å². The minimum atomic E-state index is -0.470. The van der Waals surface area contributed by atoms with Crippen molar-refractivity contribution in [3.05, 3.63) is 0 Å². The SMILES string of the molecule is CC(C)(O)CCCCBr. The van der Waals surface area contributed by atoms with E-state index in [1.54, 1.807) is 0 Å². The summed E-state index contributed by atoms with van der Waals surface area (Å²) in [7, 11) is 0. The Labute approximate surface area is 65.6 Å². The van der Waals surface area contributed by atoms with Gasteiger partial charge in [0.15, 0.2) is 0 Å². The largest absolute Gasteiger partial charge is 0.390 e. The van der Waals surface area contributed by atoms with Gasteiger partial charge in [-0.25, -0.2) is 0 Å². The van der Waals surface area contributed by atoms with Crippen LogP contribution in [-0.4, -0.2) is 16.0 Å². The molecule has 0 aliphatic carbocycles. The van der Waals surface area contributed by atoms with Crippen LogP contribution in [0.4, 0.5) is 0 Å². The predicted octanol–water partition coefficient (Wildman–Crippen LogP) is 2.32. The van der Waals surface area contributed by atoms with E-state index in [4.69, 9.17) is 0 Å². The maximum atomic E-state index is 9.23. The highest BCUT2D eigenvalue weighted by atomic mass is 79.9. The minimum absolute atomic E-state index is 0.470. The van der Waals surface area contributed by atoms with Crippen LogP contribution < -0.4 is 0 Å². The van der Waals surface area contributed by atoms with Gasteiger partial charge in [0, 0.05) is 5.33 Å². The normalized spacial score (nSPS) is 12.0. The average molecular weight is 195 g/mol. The first-order chi connectivity index (χ1) is 4.06. The zero-order chi connectivity index (χ0) is 7.33. The van der Waals surface area contributed by atoms with Gasteiger partial charge in [-0.2, -0.15) is 0 Å². The van der Waals surface area contributed by atoms with Gasteiger partial charge in [0.25, 0.3) is 0 Å². The average Bonchev–Trinajstić information content (AvgIpc) is 1.63. The Kier molecular flexibility index (Phi) is 4.50. The van der Waals surface area contributed by atoms with Crippen LogP contribution in [-0.2, 0) is 0 Å². The fraction of sp³-hybridized carbons (Fsp3) is 1.00. The lowest BCUT2D eigenvalue weighted by Crippen LogP contribution is -2.17. The molecule has 0 saturated carbocycles. The van der Waals surface area contributed by atoms with Crippen molar-refractivity contribution in [3.63, 3.8) is 0 Å². The molecule has 0 spiro atoms. The molecule has 2 heteroatoms. The summed E-state index contributed by atoms with van der Waals surface area (Å²) in [6.45, 7) is 3.70. The predicted molar refractivity (Wildman–Crippen MR) is 43.9 cm³/mol. The first kappa shape index (κ1) is 9.44. The summed E-state index contributed by atoms with van der Waals surface area (Å²) in [5.74, 6) is 0. The zero-order valence-corrected chi connectivity index (χ0v) is 7.74. The van der Waals surface area contributed by atoms with Gasteiger partial charge in [-0.1, -0.05) is 15.9 Å². The molecule has 56 valence electrons. The van der Waals surface area contributed by atoms with Crippen LogP contribution >= 0.6 is 15.9 Å². The van der Waals surface area contributed by atoms with Crippen molar-refractivity contribution in [2.24, 2.45) is 0 Å². The molecule has 0 aromatic heterocycles. The van der Waals surface area contributed by atoms with E-state index >= 15 is 0 Å². The monoisotopic (exact) mass is 194 g/mol. The number of hydrogen-bond donors (Lipinski definition) is 1. The van der Waals surface area contributed by atoms with E-state index in [0.29, 0.717) is 0 Å². The lowest BCUT2D eigenvalue weighted by Gasteiger charge is -2.15. The maximum absolute atomic E-state index is 9.23. The second kappa shape index (κ2) is 4.29. The highest BCUT2D eigenvalue weighted by Crippen LogP contribution is 2.12. The van der Waals surface area contributed by atoms with Crippen molar-refractivity contribution >= 4 is 15.9 Å². The molecule has 0 bridgehead atoms. The van der Waals surface area contributed by atoms with Gasteiger partial charge in [0.1, 0.15) is 0 Å². The first-order valence-corrected chi connectivity index (χ1v) is 4.47. The Balaban J connectivity index is 3.07. The van der Waals surface area contributed by atoms with E-state index in [9.17, 15) is 5.11 Å². The topological polar surface area (TPSA) is 20.2 Å². The summed E-state index contributed by atoms with van der Waals surface area (Å²) < 4.78 is 0. The molecule has 0 rings (SSSR count). The molecule has 0 unspecified atom stereocenters. The summed E-state index contributed by atoms with van der Waals surface area (Å²) >= 11 is 3.34. The van der Waals surface area contributed by atoms with Gasteiger partial charge < -0.3 is 5.11 Å². The molecular weight excluding hydrogens is 180 g/mol. The summed E-state index contributed by atoms with van der Waals surface area (Å²) in [4.78, 5) is 0. The van der Waals surface area contributed by atoms with E-state index in [1.165, 1.54) is 0 Å². The molecule has 0 aromatic carbocycles. The smallest absolute Gasteiger partial charge is 0.0591 e. The van der Waals surface area contributed by atoms with E-state index in [-0.39, 0.29) is 0 Å². The molecule has 0 heterocycles. The van der Waals surface area contributed by atoms with Gasteiger partial charge >= 0.3 is 0 Å². The van der Waals surface area contributed by atoms with E-state index in [2.05, 4.69) is 15.9 Å². The highest BCUT2D eigenvalue weighted by molar-refractivity contribution is 9.09. The molecule has 0 atom stereocenters. The first-order valence-electron chi connectivity index (χ1n) is 3.34. The molecule has 0 radical (unpaired) electrons. The maximum Gasteiger partial charge on any atom is 0.0591 e. The number of hydrogen-bond acceptors (Lipinski definition) is 1. The molecule has 0 fully saturated rings. The van der Waals surface area contributed by atoms with Gasteiger partial charge in [-0.05, 0) is 33.1 Å². The Morgan fingerprint density at radius 1 is 1.33 bits per heavy atom. The molecule has 9 heavy (non-hydrogen) atoms. The summed E-state index contributed by atoms with van der Waals surface area (Å²) in [6.07, 6.45) is 3.16. The van der Waals surface area contributed by atoms with Crippen molar-refractivity contribution in [3.8, 4) is 0 Å². The van der Waals surface area contributed by atoms with Gasteiger partial charge in [-0.3, -0.25) is 0 Å². The number of rotatable bonds is 4. The molecule has 0 saturated heterocycles. The van der Waals surface area contributed by atoms with Crippen molar-refractivity contribution in [2.75, 3.05) is 5.33 Å². The van der Waals surface area contributed by atoms with E-state index < -0.39 is 5.60 Å². The van der Waals surface area contributed by atoms with Crippen LogP contribution in [0.5, 0.6) is 0 Å². The number of alkyl halides is 1. The van der Waals surface area contributed by atoms with E-state index in [0.717, 1.165) is 24.6 Å². The quantitative estimate of drug-likeness (QED) is 0.539. The van der Waals surface area contributed by atoms with Crippen molar-refractivity contribution in [1.82, 2.24) is 0 Å². The van der Waals surface area contributed by atoms with Crippen LogP contribution in [0, 0.1) is 0 Å². The van der Waals surface area contributed by atoms with Crippen LogP contribution in [0.2, 0.25) is 0 Å². The standard InChI is InChI=1S/C7H15BrO/c1-7(2,9)5-3-4-6-8/h9H,3-6H2,1-2H3. The molecule has 0 aromatic rings. The number of halogens is 1.